The van der Waals surface area contributed by atoms with Gasteiger partial charge in [0.25, 0.3) is 0 Å². The molecule has 1 heterocycles. The van der Waals surface area contributed by atoms with E-state index in [2.05, 4.69) is 107 Å². The van der Waals surface area contributed by atoms with Gasteiger partial charge < -0.3 is 10.6 Å². The molecule has 162 valence electrons. The Kier molecular flexibility index (Phi) is 8.29. The molecule has 0 aliphatic carbocycles. The molecule has 1 fully saturated rings. The molecule has 3 aromatic rings. The molecule has 0 spiro atoms. The second-order valence-electron chi connectivity index (χ2n) is 8.55. The predicted molar refractivity (Wildman–Crippen MR) is 130 cm³/mol. The zero-order chi connectivity index (χ0) is 21.1. The van der Waals surface area contributed by atoms with Crippen molar-refractivity contribution in [1.29, 1.82) is 0 Å². The summed E-state index contributed by atoms with van der Waals surface area (Å²) in [5, 5.41) is 7.57. The normalized spacial score (nSPS) is 15.4. The predicted octanol–water partition coefficient (Wildman–Crippen LogP) is 5.01. The van der Waals surface area contributed by atoms with Gasteiger partial charge in [-0.2, -0.15) is 0 Å². The number of nitrogens with zero attached hydrogens (tertiary/aromatic N) is 1. The van der Waals surface area contributed by atoms with Crippen molar-refractivity contribution < 1.29 is 0 Å². The topological polar surface area (TPSA) is 27.3 Å². The van der Waals surface area contributed by atoms with Gasteiger partial charge in [0.15, 0.2) is 0 Å². The van der Waals surface area contributed by atoms with Gasteiger partial charge in [-0.3, -0.25) is 4.90 Å². The zero-order valence-corrected chi connectivity index (χ0v) is 18.4. The summed E-state index contributed by atoms with van der Waals surface area (Å²) in [7, 11) is 0. The van der Waals surface area contributed by atoms with Crippen LogP contribution < -0.4 is 10.6 Å². The number of likely N-dealkylation sites (tertiary alicyclic amines) is 1. The van der Waals surface area contributed by atoms with Crippen LogP contribution in [0.1, 0.15) is 42.0 Å². The lowest BCUT2D eigenvalue weighted by Gasteiger charge is -2.32. The van der Waals surface area contributed by atoms with Gasteiger partial charge in [0, 0.05) is 12.6 Å². The average molecular weight is 414 g/mol. The highest BCUT2D eigenvalue weighted by Gasteiger charge is 2.18. The maximum atomic E-state index is 3.79. The molecule has 0 unspecified atom stereocenters. The summed E-state index contributed by atoms with van der Waals surface area (Å²) in [5.41, 5.74) is 4.08. The largest absolute Gasteiger partial charge is 0.314 e. The van der Waals surface area contributed by atoms with Gasteiger partial charge in [-0.25, -0.2) is 0 Å². The van der Waals surface area contributed by atoms with Crippen molar-refractivity contribution in [3.8, 4) is 0 Å². The Labute approximate surface area is 187 Å². The summed E-state index contributed by atoms with van der Waals surface area (Å²) in [4.78, 5) is 2.58. The van der Waals surface area contributed by atoms with Crippen LogP contribution in [-0.4, -0.2) is 37.1 Å². The number of piperidine rings is 1. The molecule has 3 nitrogen and oxygen atoms in total. The van der Waals surface area contributed by atoms with Crippen molar-refractivity contribution in [2.24, 2.45) is 0 Å². The summed E-state index contributed by atoms with van der Waals surface area (Å²) >= 11 is 0. The SMILES string of the molecule is c1ccc(CN2CCC(NCCCNC(c3ccccc3)c3ccccc3)CC2)cc1. The van der Waals surface area contributed by atoms with E-state index in [1.54, 1.807) is 0 Å². The molecule has 4 rings (SSSR count). The number of hydrogen-bond acceptors (Lipinski definition) is 3. The van der Waals surface area contributed by atoms with E-state index in [-0.39, 0.29) is 6.04 Å². The van der Waals surface area contributed by atoms with Crippen molar-refractivity contribution in [1.82, 2.24) is 15.5 Å². The van der Waals surface area contributed by atoms with Gasteiger partial charge in [-0.05, 0) is 62.1 Å². The van der Waals surface area contributed by atoms with Crippen LogP contribution in [0.15, 0.2) is 91.0 Å². The number of hydrogen-bond donors (Lipinski definition) is 2. The van der Waals surface area contributed by atoms with Crippen LogP contribution >= 0.6 is 0 Å². The van der Waals surface area contributed by atoms with Crippen LogP contribution in [-0.2, 0) is 6.54 Å². The van der Waals surface area contributed by atoms with E-state index in [9.17, 15) is 0 Å². The third-order valence-corrected chi connectivity index (χ3v) is 6.24. The fourth-order valence-electron chi connectivity index (χ4n) is 4.50. The summed E-state index contributed by atoms with van der Waals surface area (Å²) in [5.74, 6) is 0. The summed E-state index contributed by atoms with van der Waals surface area (Å²) in [6.45, 7) is 5.54. The molecule has 3 heteroatoms. The fourth-order valence-corrected chi connectivity index (χ4v) is 4.50. The van der Waals surface area contributed by atoms with E-state index in [0.717, 1.165) is 26.1 Å². The highest BCUT2D eigenvalue weighted by molar-refractivity contribution is 5.31. The molecule has 1 saturated heterocycles. The Bertz CT molecular complexity index is 819. The van der Waals surface area contributed by atoms with E-state index >= 15 is 0 Å². The highest BCUT2D eigenvalue weighted by atomic mass is 15.1. The lowest BCUT2D eigenvalue weighted by Crippen LogP contribution is -2.42. The Balaban J connectivity index is 1.17. The van der Waals surface area contributed by atoms with Crippen LogP contribution in [0.3, 0.4) is 0 Å². The first kappa shape index (κ1) is 21.8. The second kappa shape index (κ2) is 11.8. The molecule has 0 atom stereocenters. The molecular formula is C28H35N3. The molecule has 0 saturated carbocycles. The molecule has 0 bridgehead atoms. The Morgan fingerprint density at radius 3 is 1.84 bits per heavy atom. The molecule has 1 aliphatic heterocycles. The van der Waals surface area contributed by atoms with Crippen molar-refractivity contribution in [2.45, 2.75) is 37.9 Å². The van der Waals surface area contributed by atoms with Crippen molar-refractivity contribution in [3.63, 3.8) is 0 Å². The van der Waals surface area contributed by atoms with Crippen molar-refractivity contribution in [2.75, 3.05) is 26.2 Å². The van der Waals surface area contributed by atoms with Gasteiger partial charge in [-0.1, -0.05) is 91.0 Å². The molecule has 2 N–H and O–H groups in total. The lowest BCUT2D eigenvalue weighted by molar-refractivity contribution is 0.190. The fraction of sp³-hybridized carbons (Fsp3) is 0.357. The first-order valence-corrected chi connectivity index (χ1v) is 11.7. The third kappa shape index (κ3) is 6.76. The molecule has 3 aromatic carbocycles. The molecule has 0 aromatic heterocycles. The first-order valence-electron chi connectivity index (χ1n) is 11.7. The standard InChI is InChI=1S/C28H35N3/c1-4-11-24(12-5-1)23-31-21-17-27(18-22-31)29-19-10-20-30-28(25-13-6-2-7-14-25)26-15-8-3-9-16-26/h1-9,11-16,27-30H,10,17-23H2. The quantitative estimate of drug-likeness (QED) is 0.458. The molecule has 1 aliphatic rings. The summed E-state index contributed by atoms with van der Waals surface area (Å²) in [6.07, 6.45) is 3.63. The van der Waals surface area contributed by atoms with Crippen molar-refractivity contribution in [3.05, 3.63) is 108 Å². The van der Waals surface area contributed by atoms with Crippen LogP contribution in [0.4, 0.5) is 0 Å². The highest BCUT2D eigenvalue weighted by Crippen LogP contribution is 2.21. The molecule has 31 heavy (non-hydrogen) atoms. The van der Waals surface area contributed by atoms with Crippen molar-refractivity contribution >= 4 is 0 Å². The summed E-state index contributed by atoms with van der Waals surface area (Å²) in [6, 6.07) is 33.3. The molecular weight excluding hydrogens is 378 g/mol. The Morgan fingerprint density at radius 2 is 1.26 bits per heavy atom. The van der Waals surface area contributed by atoms with E-state index in [1.165, 1.54) is 42.6 Å². The zero-order valence-electron chi connectivity index (χ0n) is 18.4. The van der Waals surface area contributed by atoms with Gasteiger partial charge in [0.2, 0.25) is 0 Å². The second-order valence-corrected chi connectivity index (χ2v) is 8.55. The molecule has 0 amide bonds. The lowest BCUT2D eigenvalue weighted by atomic mass is 9.98. The summed E-state index contributed by atoms with van der Waals surface area (Å²) < 4.78 is 0. The Hall–Kier alpha value is -2.46. The van der Waals surface area contributed by atoms with Gasteiger partial charge in [0.05, 0.1) is 6.04 Å². The van der Waals surface area contributed by atoms with E-state index in [4.69, 9.17) is 0 Å². The number of nitrogens with one attached hydrogen (secondary N) is 2. The minimum Gasteiger partial charge on any atom is -0.314 e. The first-order chi connectivity index (χ1) is 15.4. The number of benzene rings is 3. The average Bonchev–Trinajstić information content (AvgIpc) is 2.84. The van der Waals surface area contributed by atoms with Crippen LogP contribution in [0, 0.1) is 0 Å². The maximum Gasteiger partial charge on any atom is 0.0576 e. The van der Waals surface area contributed by atoms with E-state index in [1.807, 2.05) is 0 Å². The van der Waals surface area contributed by atoms with Crippen LogP contribution in [0.2, 0.25) is 0 Å². The smallest absolute Gasteiger partial charge is 0.0576 e. The van der Waals surface area contributed by atoms with Gasteiger partial charge in [-0.15, -0.1) is 0 Å². The van der Waals surface area contributed by atoms with Crippen LogP contribution in [0.5, 0.6) is 0 Å². The minimum absolute atomic E-state index is 0.253. The van der Waals surface area contributed by atoms with E-state index in [0.29, 0.717) is 6.04 Å². The molecule has 0 radical (unpaired) electrons. The maximum absolute atomic E-state index is 3.79. The minimum atomic E-state index is 0.253. The van der Waals surface area contributed by atoms with E-state index < -0.39 is 0 Å². The van der Waals surface area contributed by atoms with Gasteiger partial charge >= 0.3 is 0 Å². The van der Waals surface area contributed by atoms with Crippen LogP contribution in [0.25, 0.3) is 0 Å². The number of rotatable bonds is 10. The Morgan fingerprint density at radius 1 is 0.710 bits per heavy atom. The van der Waals surface area contributed by atoms with Gasteiger partial charge in [0.1, 0.15) is 0 Å². The monoisotopic (exact) mass is 413 g/mol. The third-order valence-electron chi connectivity index (χ3n) is 6.24.